The summed E-state index contributed by atoms with van der Waals surface area (Å²) in [6, 6.07) is 8.66. The van der Waals surface area contributed by atoms with E-state index in [-0.39, 0.29) is 5.91 Å². The van der Waals surface area contributed by atoms with E-state index in [1.54, 1.807) is 11.7 Å². The molecule has 5 heteroatoms. The third-order valence-electron chi connectivity index (χ3n) is 4.27. The second-order valence-corrected chi connectivity index (χ2v) is 6.65. The first-order valence-corrected chi connectivity index (χ1v) is 8.56. The molecule has 0 unspecified atom stereocenters. The van der Waals surface area contributed by atoms with Gasteiger partial charge in [0.2, 0.25) is 0 Å². The molecule has 1 fully saturated rings. The Kier molecular flexibility index (Phi) is 4.85. The summed E-state index contributed by atoms with van der Waals surface area (Å²) >= 11 is 1.38. The second kappa shape index (κ2) is 7.03. The average Bonchev–Trinajstić information content (AvgIpc) is 3.19. The molecule has 1 aromatic heterocycles. The Hall–Kier alpha value is -1.72. The van der Waals surface area contributed by atoms with Gasteiger partial charge in [0.15, 0.2) is 0 Å². The third kappa shape index (κ3) is 3.54. The van der Waals surface area contributed by atoms with Gasteiger partial charge in [-0.1, -0.05) is 24.3 Å². The van der Waals surface area contributed by atoms with Crippen LogP contribution in [0.4, 0.5) is 0 Å². The van der Waals surface area contributed by atoms with E-state index in [0.717, 1.165) is 19.6 Å². The zero-order chi connectivity index (χ0) is 15.4. The molecule has 3 rings (SSSR count). The Morgan fingerprint density at radius 3 is 3.09 bits per heavy atom. The van der Waals surface area contributed by atoms with Crippen LogP contribution in [-0.4, -0.2) is 42.0 Å². The highest BCUT2D eigenvalue weighted by Gasteiger charge is 2.24. The summed E-state index contributed by atoms with van der Waals surface area (Å²) in [5.41, 5.74) is 4.54. The minimum Gasteiger partial charge on any atom is -0.350 e. The van der Waals surface area contributed by atoms with Crippen molar-refractivity contribution < 1.29 is 4.79 Å². The molecule has 2 aromatic rings. The van der Waals surface area contributed by atoms with Gasteiger partial charge in [-0.2, -0.15) is 0 Å². The largest absolute Gasteiger partial charge is 0.350 e. The van der Waals surface area contributed by atoms with E-state index in [0.29, 0.717) is 17.3 Å². The molecule has 0 saturated carbocycles. The van der Waals surface area contributed by atoms with Crippen molar-refractivity contribution in [3.05, 3.63) is 52.0 Å². The van der Waals surface area contributed by atoms with Crippen LogP contribution in [0, 0.1) is 6.92 Å². The lowest BCUT2D eigenvalue weighted by atomic mass is 9.94. The maximum absolute atomic E-state index is 11.9. The first-order valence-electron chi connectivity index (χ1n) is 7.68. The quantitative estimate of drug-likeness (QED) is 0.922. The van der Waals surface area contributed by atoms with Crippen molar-refractivity contribution in [2.75, 3.05) is 26.2 Å². The molecule has 2 heterocycles. The number of hydrogen-bond acceptors (Lipinski definition) is 4. The van der Waals surface area contributed by atoms with E-state index in [4.69, 9.17) is 0 Å². The molecule has 1 saturated heterocycles. The van der Waals surface area contributed by atoms with Gasteiger partial charge in [0.05, 0.1) is 11.7 Å². The van der Waals surface area contributed by atoms with E-state index >= 15 is 0 Å². The van der Waals surface area contributed by atoms with Gasteiger partial charge in [-0.15, -0.1) is 11.3 Å². The number of nitrogens with one attached hydrogen (secondary N) is 1. The van der Waals surface area contributed by atoms with Crippen LogP contribution >= 0.6 is 11.3 Å². The second-order valence-electron chi connectivity index (χ2n) is 5.76. The maximum atomic E-state index is 11.9. The van der Waals surface area contributed by atoms with Crippen LogP contribution in [0.5, 0.6) is 0 Å². The highest BCUT2D eigenvalue weighted by atomic mass is 32.1. The fourth-order valence-corrected chi connectivity index (χ4v) is 3.61. The number of carbonyl (C=O) groups is 1. The molecule has 1 aliphatic heterocycles. The number of benzene rings is 1. The minimum atomic E-state index is -0.0165. The van der Waals surface area contributed by atoms with Crippen LogP contribution in [0.25, 0.3) is 0 Å². The summed E-state index contributed by atoms with van der Waals surface area (Å²) in [6.07, 6.45) is 2.82. The molecule has 0 radical (unpaired) electrons. The Bertz CT molecular complexity index is 627. The predicted octanol–water partition coefficient (Wildman–Crippen LogP) is 2.67. The summed E-state index contributed by atoms with van der Waals surface area (Å²) in [5, 5.41) is 2.97. The lowest BCUT2D eigenvalue weighted by molar-refractivity contribution is 0.0953. The lowest BCUT2D eigenvalue weighted by Gasteiger charge is -2.17. The van der Waals surface area contributed by atoms with Crippen molar-refractivity contribution >= 4 is 17.2 Å². The van der Waals surface area contributed by atoms with Crippen molar-refractivity contribution in [3.8, 4) is 0 Å². The van der Waals surface area contributed by atoms with Crippen LogP contribution in [0.15, 0.2) is 36.0 Å². The summed E-state index contributed by atoms with van der Waals surface area (Å²) < 4.78 is 0. The SMILES string of the molecule is Cc1ccccc1[C@@H]1CCN(CCNC(=O)c2cncs2)C1. The fraction of sp³-hybridized carbons (Fsp3) is 0.412. The lowest BCUT2D eigenvalue weighted by Crippen LogP contribution is -2.33. The number of likely N-dealkylation sites (tertiary alicyclic amines) is 1. The molecule has 4 nitrogen and oxygen atoms in total. The Morgan fingerprint density at radius 2 is 2.32 bits per heavy atom. The molecular weight excluding hydrogens is 294 g/mol. The molecule has 1 amide bonds. The van der Waals surface area contributed by atoms with Gasteiger partial charge in [-0.3, -0.25) is 9.78 Å². The van der Waals surface area contributed by atoms with Gasteiger partial charge in [0, 0.05) is 19.6 Å². The fourth-order valence-electron chi connectivity index (χ4n) is 3.08. The van der Waals surface area contributed by atoms with Gasteiger partial charge in [-0.25, -0.2) is 0 Å². The number of rotatable bonds is 5. The van der Waals surface area contributed by atoms with E-state index < -0.39 is 0 Å². The minimum absolute atomic E-state index is 0.0165. The van der Waals surface area contributed by atoms with Gasteiger partial charge < -0.3 is 10.2 Å². The number of aromatic nitrogens is 1. The highest BCUT2D eigenvalue weighted by Crippen LogP contribution is 2.28. The Morgan fingerprint density at radius 1 is 1.45 bits per heavy atom. The van der Waals surface area contributed by atoms with Gasteiger partial charge in [0.25, 0.3) is 5.91 Å². The molecular formula is C17H21N3OS. The van der Waals surface area contributed by atoms with E-state index in [9.17, 15) is 4.79 Å². The van der Waals surface area contributed by atoms with Gasteiger partial charge in [0.1, 0.15) is 4.88 Å². The maximum Gasteiger partial charge on any atom is 0.263 e. The molecule has 22 heavy (non-hydrogen) atoms. The van der Waals surface area contributed by atoms with E-state index in [1.165, 1.54) is 28.9 Å². The van der Waals surface area contributed by atoms with Crippen LogP contribution in [0.3, 0.4) is 0 Å². The van der Waals surface area contributed by atoms with E-state index in [2.05, 4.69) is 46.4 Å². The van der Waals surface area contributed by atoms with Crippen molar-refractivity contribution in [3.63, 3.8) is 0 Å². The molecule has 1 atom stereocenters. The molecule has 1 aliphatic rings. The first kappa shape index (κ1) is 15.2. The summed E-state index contributed by atoms with van der Waals surface area (Å²) in [6.45, 7) is 5.98. The van der Waals surface area contributed by atoms with Crippen LogP contribution < -0.4 is 5.32 Å². The van der Waals surface area contributed by atoms with Gasteiger partial charge >= 0.3 is 0 Å². The molecule has 1 aromatic carbocycles. The number of hydrogen-bond donors (Lipinski definition) is 1. The number of amides is 1. The Balaban J connectivity index is 1.46. The third-order valence-corrected chi connectivity index (χ3v) is 5.04. The number of carbonyl (C=O) groups excluding carboxylic acids is 1. The van der Waals surface area contributed by atoms with E-state index in [1.807, 2.05) is 0 Å². The van der Waals surface area contributed by atoms with Crippen molar-refractivity contribution in [2.45, 2.75) is 19.3 Å². The zero-order valence-electron chi connectivity index (χ0n) is 12.8. The normalized spacial score (nSPS) is 18.5. The molecule has 0 bridgehead atoms. The van der Waals surface area contributed by atoms with Crippen LogP contribution in [0.1, 0.15) is 33.1 Å². The average molecular weight is 315 g/mol. The van der Waals surface area contributed by atoms with Crippen LogP contribution in [0.2, 0.25) is 0 Å². The smallest absolute Gasteiger partial charge is 0.263 e. The molecule has 0 spiro atoms. The number of aryl methyl sites for hydroxylation is 1. The molecule has 0 aliphatic carbocycles. The van der Waals surface area contributed by atoms with Crippen molar-refractivity contribution in [2.24, 2.45) is 0 Å². The summed E-state index contributed by atoms with van der Waals surface area (Å²) in [7, 11) is 0. The Labute approximate surface area is 135 Å². The number of nitrogens with zero attached hydrogens (tertiary/aromatic N) is 2. The zero-order valence-corrected chi connectivity index (χ0v) is 13.6. The summed E-state index contributed by atoms with van der Waals surface area (Å²) in [4.78, 5) is 18.9. The monoisotopic (exact) mass is 315 g/mol. The predicted molar refractivity (Wildman–Crippen MR) is 89.4 cm³/mol. The standard InChI is InChI=1S/C17H21N3OS/c1-13-4-2-3-5-15(13)14-6-8-20(11-14)9-7-19-17(21)16-10-18-12-22-16/h2-5,10,12,14H,6-9,11H2,1H3,(H,19,21)/t14-/m1/s1. The molecule has 116 valence electrons. The summed E-state index contributed by atoms with van der Waals surface area (Å²) in [5.74, 6) is 0.607. The van der Waals surface area contributed by atoms with Crippen molar-refractivity contribution in [1.82, 2.24) is 15.2 Å². The first-order chi connectivity index (χ1) is 10.7. The topological polar surface area (TPSA) is 45.2 Å². The molecule has 1 N–H and O–H groups in total. The van der Waals surface area contributed by atoms with Crippen LogP contribution in [-0.2, 0) is 0 Å². The van der Waals surface area contributed by atoms with Gasteiger partial charge in [-0.05, 0) is 36.9 Å². The van der Waals surface area contributed by atoms with Crippen molar-refractivity contribution in [1.29, 1.82) is 0 Å². The number of thiazole rings is 1. The highest BCUT2D eigenvalue weighted by molar-refractivity contribution is 7.11.